The van der Waals surface area contributed by atoms with Crippen LogP contribution in [0, 0.1) is 22.5 Å². The molecule has 1 aromatic rings. The molecule has 0 aliphatic carbocycles. The number of nitrogens with one attached hydrogen (secondary N) is 1. The van der Waals surface area contributed by atoms with Gasteiger partial charge in [-0.05, 0) is 6.07 Å². The lowest BCUT2D eigenvalue weighted by atomic mass is 10.1. The van der Waals surface area contributed by atoms with Crippen molar-refractivity contribution in [3.05, 3.63) is 37.9 Å². The fourth-order valence-electron chi connectivity index (χ4n) is 1.40. The largest absolute Gasteiger partial charge is 0.480 e. The van der Waals surface area contributed by atoms with Gasteiger partial charge >= 0.3 is 5.97 Å². The molecule has 0 spiro atoms. The van der Waals surface area contributed by atoms with E-state index in [1.54, 1.807) is 0 Å². The second-order valence-electron chi connectivity index (χ2n) is 3.82. The minimum Gasteiger partial charge on any atom is -0.480 e. The van der Waals surface area contributed by atoms with Crippen molar-refractivity contribution in [2.75, 3.05) is 0 Å². The summed E-state index contributed by atoms with van der Waals surface area (Å²) >= 11 is 11.3. The number of nitrogens with zero attached hydrogens (tertiary/aromatic N) is 1. The van der Waals surface area contributed by atoms with Crippen LogP contribution in [0.1, 0.15) is 16.8 Å². The number of carboxylic acid groups (broad SMARTS) is 1. The van der Waals surface area contributed by atoms with Crippen LogP contribution in [0.15, 0.2) is 12.1 Å². The standard InChI is InChI=1S/C12H8Cl2N2O5/c1-2-3-8(12(18)19)15-11(17)6-4-7(13)10(14)9(5-6)16(20)21/h1,4-5,8H,3H2,(H,15,17)(H,18,19). The Kier molecular flexibility index (Phi) is 5.52. The normalized spacial score (nSPS) is 11.3. The van der Waals surface area contributed by atoms with Crippen molar-refractivity contribution in [1.82, 2.24) is 5.32 Å². The minimum absolute atomic E-state index is 0.195. The average Bonchev–Trinajstić information content (AvgIpc) is 2.40. The first-order valence-electron chi connectivity index (χ1n) is 5.38. The van der Waals surface area contributed by atoms with Gasteiger partial charge in [0.2, 0.25) is 0 Å². The molecule has 1 rings (SSSR count). The van der Waals surface area contributed by atoms with E-state index >= 15 is 0 Å². The molecule has 1 atom stereocenters. The fraction of sp³-hybridized carbons (Fsp3) is 0.167. The van der Waals surface area contributed by atoms with Crippen LogP contribution >= 0.6 is 23.2 Å². The van der Waals surface area contributed by atoms with Crippen LogP contribution in [0.4, 0.5) is 5.69 Å². The lowest BCUT2D eigenvalue weighted by molar-refractivity contribution is -0.384. The number of nitro groups is 1. The van der Waals surface area contributed by atoms with Crippen molar-refractivity contribution in [2.24, 2.45) is 0 Å². The number of hydrogen-bond acceptors (Lipinski definition) is 4. The highest BCUT2D eigenvalue weighted by atomic mass is 35.5. The number of halogens is 2. The van der Waals surface area contributed by atoms with Gasteiger partial charge in [0.25, 0.3) is 11.6 Å². The van der Waals surface area contributed by atoms with E-state index in [4.69, 9.17) is 34.7 Å². The van der Waals surface area contributed by atoms with E-state index in [2.05, 4.69) is 11.2 Å². The van der Waals surface area contributed by atoms with Gasteiger partial charge in [0.15, 0.2) is 0 Å². The van der Waals surface area contributed by atoms with Gasteiger partial charge in [0.1, 0.15) is 11.1 Å². The van der Waals surface area contributed by atoms with Gasteiger partial charge in [-0.3, -0.25) is 14.9 Å². The third-order valence-corrected chi connectivity index (χ3v) is 3.19. The van der Waals surface area contributed by atoms with E-state index < -0.39 is 28.5 Å². The predicted octanol–water partition coefficient (Wildman–Crippen LogP) is 2.11. The molecule has 0 radical (unpaired) electrons. The smallest absolute Gasteiger partial charge is 0.327 e. The maximum Gasteiger partial charge on any atom is 0.327 e. The quantitative estimate of drug-likeness (QED) is 0.488. The number of rotatable bonds is 5. The van der Waals surface area contributed by atoms with Crippen LogP contribution in [0.2, 0.25) is 10.0 Å². The molecule has 0 saturated heterocycles. The number of carbonyl (C=O) groups is 2. The summed E-state index contributed by atoms with van der Waals surface area (Å²) in [5.41, 5.74) is -0.752. The van der Waals surface area contributed by atoms with Crippen LogP contribution in [-0.4, -0.2) is 27.9 Å². The van der Waals surface area contributed by atoms with Crippen molar-refractivity contribution in [3.63, 3.8) is 0 Å². The third kappa shape index (κ3) is 4.08. The molecule has 0 saturated carbocycles. The number of amides is 1. The van der Waals surface area contributed by atoms with E-state index in [1.807, 2.05) is 0 Å². The van der Waals surface area contributed by atoms with E-state index in [0.717, 1.165) is 12.1 Å². The number of nitro benzene ring substituents is 1. The summed E-state index contributed by atoms with van der Waals surface area (Å²) < 4.78 is 0. The first kappa shape index (κ1) is 16.8. The maximum absolute atomic E-state index is 11.9. The molecule has 1 aromatic carbocycles. The van der Waals surface area contributed by atoms with Crippen molar-refractivity contribution in [3.8, 4) is 12.3 Å². The first-order valence-corrected chi connectivity index (χ1v) is 6.14. The van der Waals surface area contributed by atoms with Gasteiger partial charge in [0.05, 0.1) is 9.95 Å². The summed E-state index contributed by atoms with van der Waals surface area (Å²) in [5.74, 6) is -0.0799. The van der Waals surface area contributed by atoms with Crippen molar-refractivity contribution >= 4 is 40.8 Å². The zero-order chi connectivity index (χ0) is 16.2. The van der Waals surface area contributed by atoms with Gasteiger partial charge in [0, 0.05) is 18.1 Å². The number of hydrogen-bond donors (Lipinski definition) is 2. The molecule has 2 N–H and O–H groups in total. The van der Waals surface area contributed by atoms with Crippen molar-refractivity contribution in [2.45, 2.75) is 12.5 Å². The van der Waals surface area contributed by atoms with E-state index in [-0.39, 0.29) is 22.0 Å². The Hall–Kier alpha value is -2.30. The van der Waals surface area contributed by atoms with Gasteiger partial charge in [-0.25, -0.2) is 4.79 Å². The molecule has 21 heavy (non-hydrogen) atoms. The maximum atomic E-state index is 11.9. The predicted molar refractivity (Wildman–Crippen MR) is 75.5 cm³/mol. The lowest BCUT2D eigenvalue weighted by Gasteiger charge is -2.12. The molecule has 0 aliphatic rings. The summed E-state index contributed by atoms with van der Waals surface area (Å²) in [4.78, 5) is 32.8. The van der Waals surface area contributed by atoms with E-state index in [0.29, 0.717) is 0 Å². The van der Waals surface area contributed by atoms with E-state index in [1.165, 1.54) is 0 Å². The van der Waals surface area contributed by atoms with Crippen LogP contribution in [0.25, 0.3) is 0 Å². The first-order chi connectivity index (χ1) is 9.77. The fourth-order valence-corrected chi connectivity index (χ4v) is 1.79. The SMILES string of the molecule is C#CCC(NC(=O)c1cc(Cl)c(Cl)c([N+](=O)[O-])c1)C(=O)O. The number of benzene rings is 1. The van der Waals surface area contributed by atoms with Crippen LogP contribution in [-0.2, 0) is 4.79 Å². The zero-order valence-corrected chi connectivity index (χ0v) is 11.8. The molecule has 9 heteroatoms. The van der Waals surface area contributed by atoms with Crippen LogP contribution < -0.4 is 5.32 Å². The summed E-state index contributed by atoms with van der Waals surface area (Å²) in [5, 5.41) is 21.3. The Labute approximate surface area is 129 Å². The van der Waals surface area contributed by atoms with E-state index in [9.17, 15) is 19.7 Å². The Morgan fingerprint density at radius 1 is 1.48 bits per heavy atom. The molecule has 0 fully saturated rings. The highest BCUT2D eigenvalue weighted by molar-refractivity contribution is 6.43. The zero-order valence-electron chi connectivity index (χ0n) is 10.3. The van der Waals surface area contributed by atoms with Crippen molar-refractivity contribution < 1.29 is 19.6 Å². The topological polar surface area (TPSA) is 110 Å². The highest BCUT2D eigenvalue weighted by Gasteiger charge is 2.23. The summed E-state index contributed by atoms with van der Waals surface area (Å²) in [6.45, 7) is 0. The van der Waals surface area contributed by atoms with Gasteiger partial charge < -0.3 is 10.4 Å². The number of terminal acetylenes is 1. The molecule has 110 valence electrons. The van der Waals surface area contributed by atoms with Gasteiger partial charge in [-0.2, -0.15) is 0 Å². The molecule has 0 heterocycles. The molecular formula is C12H8Cl2N2O5. The lowest BCUT2D eigenvalue weighted by Crippen LogP contribution is -2.40. The minimum atomic E-state index is -1.32. The molecule has 7 nitrogen and oxygen atoms in total. The summed E-state index contributed by atoms with van der Waals surface area (Å²) in [6, 6.07) is 0.690. The average molecular weight is 331 g/mol. The van der Waals surface area contributed by atoms with Gasteiger partial charge in [-0.15, -0.1) is 12.3 Å². The molecule has 1 amide bonds. The highest BCUT2D eigenvalue weighted by Crippen LogP contribution is 2.33. The molecule has 0 bridgehead atoms. The second-order valence-corrected chi connectivity index (χ2v) is 4.61. The van der Waals surface area contributed by atoms with Crippen LogP contribution in [0.5, 0.6) is 0 Å². The second kappa shape index (κ2) is 6.92. The Morgan fingerprint density at radius 3 is 2.57 bits per heavy atom. The Bertz CT molecular complexity index is 654. The molecule has 1 unspecified atom stereocenters. The number of carboxylic acids is 1. The van der Waals surface area contributed by atoms with Crippen LogP contribution in [0.3, 0.4) is 0 Å². The number of carbonyl (C=O) groups excluding carboxylic acids is 1. The molecule has 0 aliphatic heterocycles. The van der Waals surface area contributed by atoms with Crippen molar-refractivity contribution in [1.29, 1.82) is 0 Å². The Balaban J connectivity index is 3.11. The Morgan fingerprint density at radius 2 is 2.10 bits per heavy atom. The van der Waals surface area contributed by atoms with Gasteiger partial charge in [-0.1, -0.05) is 23.2 Å². The molecular weight excluding hydrogens is 323 g/mol. The summed E-state index contributed by atoms with van der Waals surface area (Å²) in [7, 11) is 0. The monoisotopic (exact) mass is 330 g/mol. The molecule has 0 aromatic heterocycles. The third-order valence-electron chi connectivity index (χ3n) is 2.39. The number of aliphatic carboxylic acids is 1. The summed E-state index contributed by atoms with van der Waals surface area (Å²) in [6.07, 6.45) is 4.77.